The lowest BCUT2D eigenvalue weighted by Crippen LogP contribution is -2.53. The predicted octanol–water partition coefficient (Wildman–Crippen LogP) is 1.88. The van der Waals surface area contributed by atoms with Crippen LogP contribution in [0.15, 0.2) is 48.5 Å². The first-order valence-corrected chi connectivity index (χ1v) is 10.4. The number of anilines is 2. The van der Waals surface area contributed by atoms with Gasteiger partial charge in [0.2, 0.25) is 5.91 Å². The Bertz CT molecular complexity index is 989. The SMILES string of the molecule is CNC(=O)c1cc([N+](=O)[O-])ccc1N1CCN(C2CCN(c3ccccc3)C2=O)CC1. The summed E-state index contributed by atoms with van der Waals surface area (Å²) < 4.78 is 0. The zero-order valence-electron chi connectivity index (χ0n) is 17.4. The standard InChI is InChI=1S/C22H25N5O4/c1-23-21(28)18-15-17(27(30)31)7-8-19(18)24-11-13-25(14-12-24)20-9-10-26(22(20)29)16-5-3-2-4-6-16/h2-8,15,20H,9-14H2,1H3,(H,23,28). The zero-order chi connectivity index (χ0) is 22.0. The van der Waals surface area contributed by atoms with Crippen molar-refractivity contribution in [3.05, 3.63) is 64.2 Å². The molecule has 162 valence electrons. The van der Waals surface area contributed by atoms with Crippen molar-refractivity contribution >= 4 is 28.9 Å². The van der Waals surface area contributed by atoms with Crippen LogP contribution in [-0.2, 0) is 4.79 Å². The van der Waals surface area contributed by atoms with Gasteiger partial charge in [-0.1, -0.05) is 18.2 Å². The Morgan fingerprint density at radius 1 is 1.06 bits per heavy atom. The normalized spacial score (nSPS) is 19.5. The predicted molar refractivity (Wildman–Crippen MR) is 117 cm³/mol. The topological polar surface area (TPSA) is 99.0 Å². The van der Waals surface area contributed by atoms with E-state index in [2.05, 4.69) is 15.1 Å². The summed E-state index contributed by atoms with van der Waals surface area (Å²) in [5.74, 6) is -0.230. The number of nitro benzene ring substituents is 1. The molecule has 0 radical (unpaired) electrons. The molecule has 0 spiro atoms. The van der Waals surface area contributed by atoms with Crippen molar-refractivity contribution in [2.75, 3.05) is 49.6 Å². The molecule has 0 saturated carbocycles. The van der Waals surface area contributed by atoms with E-state index in [1.165, 1.54) is 19.2 Å². The largest absolute Gasteiger partial charge is 0.368 e. The highest BCUT2D eigenvalue weighted by molar-refractivity contribution is 6.01. The lowest BCUT2D eigenvalue weighted by molar-refractivity contribution is -0.384. The number of hydrogen-bond donors (Lipinski definition) is 1. The van der Waals surface area contributed by atoms with Crippen LogP contribution in [0.5, 0.6) is 0 Å². The number of amides is 2. The van der Waals surface area contributed by atoms with E-state index in [0.29, 0.717) is 38.4 Å². The summed E-state index contributed by atoms with van der Waals surface area (Å²) in [6, 6.07) is 13.9. The average molecular weight is 423 g/mol. The maximum absolute atomic E-state index is 13.0. The van der Waals surface area contributed by atoms with Crippen LogP contribution in [0.25, 0.3) is 0 Å². The second-order valence-corrected chi connectivity index (χ2v) is 7.69. The third-order valence-electron chi connectivity index (χ3n) is 6.00. The van der Waals surface area contributed by atoms with Crippen molar-refractivity contribution in [1.82, 2.24) is 10.2 Å². The van der Waals surface area contributed by atoms with Gasteiger partial charge in [0.15, 0.2) is 0 Å². The third-order valence-corrected chi connectivity index (χ3v) is 6.00. The number of nitrogens with zero attached hydrogens (tertiary/aromatic N) is 4. The van der Waals surface area contributed by atoms with Crippen molar-refractivity contribution in [2.45, 2.75) is 12.5 Å². The first-order chi connectivity index (χ1) is 15.0. The Morgan fingerprint density at radius 3 is 2.42 bits per heavy atom. The van der Waals surface area contributed by atoms with Gasteiger partial charge in [-0.15, -0.1) is 0 Å². The molecule has 2 fully saturated rings. The maximum atomic E-state index is 13.0. The van der Waals surface area contributed by atoms with Gasteiger partial charge in [-0.05, 0) is 24.6 Å². The minimum atomic E-state index is -0.502. The number of piperazine rings is 1. The van der Waals surface area contributed by atoms with E-state index >= 15 is 0 Å². The molecular weight excluding hydrogens is 398 g/mol. The number of carbonyl (C=O) groups is 2. The molecule has 2 saturated heterocycles. The number of carbonyl (C=O) groups excluding carboxylic acids is 2. The van der Waals surface area contributed by atoms with Crippen LogP contribution < -0.4 is 15.1 Å². The minimum absolute atomic E-state index is 0.112. The molecule has 9 heteroatoms. The number of hydrogen-bond acceptors (Lipinski definition) is 6. The van der Waals surface area contributed by atoms with Crippen LogP contribution >= 0.6 is 0 Å². The molecule has 0 aromatic heterocycles. The van der Waals surface area contributed by atoms with E-state index in [1.54, 1.807) is 6.07 Å². The number of nitro groups is 1. The molecule has 2 aromatic carbocycles. The highest BCUT2D eigenvalue weighted by atomic mass is 16.6. The van der Waals surface area contributed by atoms with Crippen LogP contribution in [-0.4, -0.2) is 67.5 Å². The van der Waals surface area contributed by atoms with Gasteiger partial charge in [0.1, 0.15) is 0 Å². The second-order valence-electron chi connectivity index (χ2n) is 7.69. The maximum Gasteiger partial charge on any atom is 0.270 e. The Kier molecular flexibility index (Phi) is 5.85. The molecule has 1 N–H and O–H groups in total. The van der Waals surface area contributed by atoms with Crippen LogP contribution in [0.3, 0.4) is 0 Å². The fourth-order valence-corrected chi connectivity index (χ4v) is 4.37. The molecule has 2 aliphatic heterocycles. The molecule has 4 rings (SSSR count). The smallest absolute Gasteiger partial charge is 0.270 e. The Hall–Kier alpha value is -3.46. The third kappa shape index (κ3) is 4.09. The molecule has 1 atom stereocenters. The highest BCUT2D eigenvalue weighted by Gasteiger charge is 2.38. The monoisotopic (exact) mass is 423 g/mol. The second kappa shape index (κ2) is 8.73. The summed E-state index contributed by atoms with van der Waals surface area (Å²) in [6.07, 6.45) is 0.786. The van der Waals surface area contributed by atoms with Gasteiger partial charge in [-0.3, -0.25) is 24.6 Å². The number of benzene rings is 2. The van der Waals surface area contributed by atoms with Crippen molar-refractivity contribution in [2.24, 2.45) is 0 Å². The van der Waals surface area contributed by atoms with Crippen molar-refractivity contribution in [3.8, 4) is 0 Å². The van der Waals surface area contributed by atoms with Gasteiger partial charge in [0.05, 0.1) is 22.2 Å². The van der Waals surface area contributed by atoms with Gasteiger partial charge in [0.25, 0.3) is 11.6 Å². The van der Waals surface area contributed by atoms with E-state index in [0.717, 1.165) is 12.1 Å². The van der Waals surface area contributed by atoms with Gasteiger partial charge in [-0.25, -0.2) is 0 Å². The van der Waals surface area contributed by atoms with Gasteiger partial charge < -0.3 is 15.1 Å². The summed E-state index contributed by atoms with van der Waals surface area (Å²) in [6.45, 7) is 3.34. The van der Waals surface area contributed by atoms with Crippen LogP contribution in [0, 0.1) is 10.1 Å². The van der Waals surface area contributed by atoms with Crippen LogP contribution in [0.4, 0.5) is 17.1 Å². The lowest BCUT2D eigenvalue weighted by Gasteiger charge is -2.38. The van der Waals surface area contributed by atoms with E-state index in [9.17, 15) is 19.7 Å². The molecule has 2 aliphatic rings. The number of non-ortho nitro benzene ring substituents is 1. The van der Waals surface area contributed by atoms with Crippen molar-refractivity contribution in [3.63, 3.8) is 0 Å². The molecule has 9 nitrogen and oxygen atoms in total. The molecule has 2 heterocycles. The molecule has 2 aromatic rings. The lowest BCUT2D eigenvalue weighted by atomic mass is 10.1. The zero-order valence-corrected chi connectivity index (χ0v) is 17.4. The first kappa shape index (κ1) is 20.8. The first-order valence-electron chi connectivity index (χ1n) is 10.4. The van der Waals surface area contributed by atoms with E-state index in [4.69, 9.17) is 0 Å². The fourth-order valence-electron chi connectivity index (χ4n) is 4.37. The van der Waals surface area contributed by atoms with E-state index < -0.39 is 4.92 Å². The van der Waals surface area contributed by atoms with Crippen molar-refractivity contribution in [1.29, 1.82) is 0 Å². The van der Waals surface area contributed by atoms with Gasteiger partial charge in [0, 0.05) is 57.6 Å². The summed E-state index contributed by atoms with van der Waals surface area (Å²) >= 11 is 0. The number of para-hydroxylation sites is 1. The summed E-state index contributed by atoms with van der Waals surface area (Å²) in [4.78, 5) is 42.0. The Balaban J connectivity index is 1.45. The fraction of sp³-hybridized carbons (Fsp3) is 0.364. The molecule has 0 bridgehead atoms. The molecule has 31 heavy (non-hydrogen) atoms. The van der Waals surface area contributed by atoms with Crippen molar-refractivity contribution < 1.29 is 14.5 Å². The number of nitrogens with one attached hydrogen (secondary N) is 1. The molecule has 0 aliphatic carbocycles. The van der Waals surface area contributed by atoms with Gasteiger partial charge >= 0.3 is 0 Å². The summed E-state index contributed by atoms with van der Waals surface area (Å²) in [5, 5.41) is 13.7. The number of rotatable bonds is 5. The summed E-state index contributed by atoms with van der Waals surface area (Å²) in [7, 11) is 1.51. The van der Waals surface area contributed by atoms with Crippen LogP contribution in [0.1, 0.15) is 16.8 Å². The highest BCUT2D eigenvalue weighted by Crippen LogP contribution is 2.29. The quantitative estimate of drug-likeness (QED) is 0.582. The van der Waals surface area contributed by atoms with E-state index in [-0.39, 0.29) is 29.1 Å². The molecule has 2 amide bonds. The van der Waals surface area contributed by atoms with Gasteiger partial charge in [-0.2, -0.15) is 0 Å². The average Bonchev–Trinajstić information content (AvgIpc) is 3.20. The summed E-state index contributed by atoms with van der Waals surface area (Å²) in [5.41, 5.74) is 1.78. The van der Waals surface area contributed by atoms with Crippen LogP contribution in [0.2, 0.25) is 0 Å². The minimum Gasteiger partial charge on any atom is -0.368 e. The molecular formula is C22H25N5O4. The Morgan fingerprint density at radius 2 is 1.77 bits per heavy atom. The van der Waals surface area contributed by atoms with E-state index in [1.807, 2.05) is 35.2 Å². The molecule has 1 unspecified atom stereocenters. The Labute approximate surface area is 180 Å².